The zero-order valence-corrected chi connectivity index (χ0v) is 19.8. The fraction of sp³-hybridized carbons (Fsp3) is 0.500. The predicted molar refractivity (Wildman–Crippen MR) is 126 cm³/mol. The quantitative estimate of drug-likeness (QED) is 0.540. The van der Waals surface area contributed by atoms with Crippen molar-refractivity contribution in [2.45, 2.75) is 73.3 Å². The van der Waals surface area contributed by atoms with Gasteiger partial charge in [-0.25, -0.2) is 14.3 Å². The van der Waals surface area contributed by atoms with Crippen LogP contribution in [-0.2, 0) is 24.4 Å². The van der Waals surface area contributed by atoms with E-state index >= 15 is 0 Å². The average molecular weight is 440 g/mol. The molecule has 0 aliphatic heterocycles. The van der Waals surface area contributed by atoms with E-state index in [9.17, 15) is 14.4 Å². The second kappa shape index (κ2) is 9.54. The van der Waals surface area contributed by atoms with Gasteiger partial charge in [0, 0.05) is 18.6 Å². The highest BCUT2D eigenvalue weighted by Crippen LogP contribution is 2.12. The molecule has 0 unspecified atom stereocenters. The van der Waals surface area contributed by atoms with Crippen LogP contribution in [0.3, 0.4) is 0 Å². The third-order valence-electron chi connectivity index (χ3n) is 5.42. The van der Waals surface area contributed by atoms with Crippen LogP contribution in [0.15, 0.2) is 46.2 Å². The monoisotopic (exact) mass is 439 g/mol. The number of aromatic nitrogens is 4. The minimum Gasteiger partial charge on any atom is -0.336 e. The van der Waals surface area contributed by atoms with E-state index in [0.29, 0.717) is 17.7 Å². The van der Waals surface area contributed by atoms with Gasteiger partial charge in [-0.2, -0.15) is 0 Å². The summed E-state index contributed by atoms with van der Waals surface area (Å²) in [5, 5.41) is 0. The lowest BCUT2D eigenvalue weighted by Gasteiger charge is -2.31. The van der Waals surface area contributed by atoms with E-state index in [2.05, 4.69) is 18.8 Å². The Kier molecular flexibility index (Phi) is 7.01. The Labute approximate surface area is 188 Å². The predicted octanol–water partition coefficient (Wildman–Crippen LogP) is 2.71. The van der Waals surface area contributed by atoms with Crippen molar-refractivity contribution < 1.29 is 4.79 Å². The number of amides is 1. The van der Waals surface area contributed by atoms with Crippen LogP contribution in [-0.4, -0.2) is 41.6 Å². The molecule has 2 heterocycles. The summed E-state index contributed by atoms with van der Waals surface area (Å²) in [6.07, 6.45) is 1.60. The van der Waals surface area contributed by atoms with Gasteiger partial charge in [0.1, 0.15) is 6.54 Å². The number of carbonyl (C=O) groups excluding carboxylic acids is 1. The van der Waals surface area contributed by atoms with Gasteiger partial charge in [0.2, 0.25) is 5.91 Å². The zero-order valence-electron chi connectivity index (χ0n) is 19.8. The first-order valence-corrected chi connectivity index (χ1v) is 11.1. The van der Waals surface area contributed by atoms with Crippen molar-refractivity contribution in [2.75, 3.05) is 0 Å². The minimum atomic E-state index is -0.526. The molecule has 8 heteroatoms. The molecule has 0 radical (unpaired) electrons. The molecule has 32 heavy (non-hydrogen) atoms. The van der Waals surface area contributed by atoms with Crippen molar-refractivity contribution >= 4 is 17.1 Å². The molecule has 0 saturated heterocycles. The molecule has 0 saturated carbocycles. The Hall–Kier alpha value is -3.16. The standard InChI is InChI=1S/C24H33N5O3/c1-16(2)12-26-15-25-22-21(26)23(31)28(14-20(30)29(17(3)4)18(5)6)24(32)27(22)13-19-10-8-7-9-11-19/h7-11,15-18H,12-14H2,1-6H3. The number of nitrogens with zero attached hydrogens (tertiary/aromatic N) is 5. The van der Waals surface area contributed by atoms with Crippen LogP contribution in [0.25, 0.3) is 11.2 Å². The lowest BCUT2D eigenvalue weighted by Crippen LogP contribution is -2.48. The van der Waals surface area contributed by atoms with Gasteiger partial charge < -0.3 is 9.47 Å². The van der Waals surface area contributed by atoms with Crippen molar-refractivity contribution in [2.24, 2.45) is 5.92 Å². The highest BCUT2D eigenvalue weighted by molar-refractivity contribution is 5.77. The number of fused-ring (bicyclic) bond motifs is 1. The number of carbonyl (C=O) groups is 1. The molecule has 0 bridgehead atoms. The lowest BCUT2D eigenvalue weighted by molar-refractivity contribution is -0.135. The number of benzene rings is 1. The Morgan fingerprint density at radius 1 is 0.969 bits per heavy atom. The van der Waals surface area contributed by atoms with Gasteiger partial charge in [0.15, 0.2) is 11.2 Å². The van der Waals surface area contributed by atoms with Crippen LogP contribution in [0.5, 0.6) is 0 Å². The molecule has 2 aromatic heterocycles. The highest BCUT2D eigenvalue weighted by Gasteiger charge is 2.24. The van der Waals surface area contributed by atoms with E-state index in [-0.39, 0.29) is 37.0 Å². The van der Waals surface area contributed by atoms with Crippen LogP contribution in [0.4, 0.5) is 0 Å². The summed E-state index contributed by atoms with van der Waals surface area (Å²) in [6.45, 7) is 12.4. The van der Waals surface area contributed by atoms with Crippen LogP contribution in [0, 0.1) is 5.92 Å². The molecule has 1 amide bonds. The van der Waals surface area contributed by atoms with Gasteiger partial charge in [0.05, 0.1) is 12.9 Å². The highest BCUT2D eigenvalue weighted by atomic mass is 16.2. The van der Waals surface area contributed by atoms with Crippen LogP contribution >= 0.6 is 0 Å². The molecular weight excluding hydrogens is 406 g/mol. The molecule has 3 rings (SSSR count). The average Bonchev–Trinajstić information content (AvgIpc) is 3.11. The number of hydrogen-bond donors (Lipinski definition) is 0. The molecule has 0 aliphatic carbocycles. The van der Waals surface area contributed by atoms with E-state index in [1.54, 1.807) is 15.8 Å². The molecule has 0 aliphatic rings. The Morgan fingerprint density at radius 3 is 2.16 bits per heavy atom. The number of rotatable bonds is 8. The summed E-state index contributed by atoms with van der Waals surface area (Å²) in [4.78, 5) is 46.1. The van der Waals surface area contributed by atoms with Crippen molar-refractivity contribution in [1.29, 1.82) is 0 Å². The van der Waals surface area contributed by atoms with Crippen LogP contribution in [0.2, 0.25) is 0 Å². The van der Waals surface area contributed by atoms with Crippen molar-refractivity contribution in [3.05, 3.63) is 63.1 Å². The summed E-state index contributed by atoms with van der Waals surface area (Å²) in [7, 11) is 0. The summed E-state index contributed by atoms with van der Waals surface area (Å²) in [5.41, 5.74) is 0.604. The van der Waals surface area contributed by atoms with E-state index in [4.69, 9.17) is 0 Å². The van der Waals surface area contributed by atoms with Crippen LogP contribution in [0.1, 0.15) is 47.1 Å². The summed E-state index contributed by atoms with van der Waals surface area (Å²) in [6, 6.07) is 9.47. The van der Waals surface area contributed by atoms with E-state index < -0.39 is 11.2 Å². The number of imidazole rings is 1. The molecule has 0 spiro atoms. The second-order valence-corrected chi connectivity index (χ2v) is 9.20. The van der Waals surface area contributed by atoms with Gasteiger partial charge >= 0.3 is 5.69 Å². The summed E-state index contributed by atoms with van der Waals surface area (Å²) < 4.78 is 4.34. The van der Waals surface area contributed by atoms with Gasteiger partial charge in [0.25, 0.3) is 5.56 Å². The maximum Gasteiger partial charge on any atom is 0.333 e. The molecule has 172 valence electrons. The first-order chi connectivity index (χ1) is 15.1. The first kappa shape index (κ1) is 23.5. The molecule has 3 aromatic rings. The third-order valence-corrected chi connectivity index (χ3v) is 5.42. The molecule has 1 aromatic carbocycles. The maximum atomic E-state index is 13.4. The molecule has 0 atom stereocenters. The van der Waals surface area contributed by atoms with Crippen molar-refractivity contribution in [3.8, 4) is 0 Å². The van der Waals surface area contributed by atoms with Gasteiger partial charge in [-0.1, -0.05) is 44.2 Å². The Bertz CT molecular complexity index is 1190. The van der Waals surface area contributed by atoms with Crippen molar-refractivity contribution in [3.63, 3.8) is 0 Å². The minimum absolute atomic E-state index is 0.0417. The SMILES string of the molecule is CC(C)Cn1cnc2c1c(=O)n(CC(=O)N(C(C)C)C(C)C)c(=O)n2Cc1ccccc1. The first-order valence-electron chi connectivity index (χ1n) is 11.1. The van der Waals surface area contributed by atoms with Gasteiger partial charge in [-0.3, -0.25) is 14.2 Å². The van der Waals surface area contributed by atoms with E-state index in [1.165, 1.54) is 4.57 Å². The Morgan fingerprint density at radius 2 is 1.59 bits per heavy atom. The van der Waals surface area contributed by atoms with E-state index in [0.717, 1.165) is 10.1 Å². The zero-order chi connectivity index (χ0) is 23.6. The van der Waals surface area contributed by atoms with Crippen molar-refractivity contribution in [1.82, 2.24) is 23.6 Å². The Balaban J connectivity index is 2.20. The molecule has 0 N–H and O–H groups in total. The van der Waals surface area contributed by atoms with Gasteiger partial charge in [-0.15, -0.1) is 0 Å². The largest absolute Gasteiger partial charge is 0.336 e. The third kappa shape index (κ3) is 4.69. The maximum absolute atomic E-state index is 13.4. The molecule has 8 nitrogen and oxygen atoms in total. The fourth-order valence-electron chi connectivity index (χ4n) is 4.21. The lowest BCUT2D eigenvalue weighted by atomic mass is 10.2. The molecular formula is C24H33N5O3. The normalized spacial score (nSPS) is 11.8. The number of hydrogen-bond acceptors (Lipinski definition) is 4. The summed E-state index contributed by atoms with van der Waals surface area (Å²) >= 11 is 0. The van der Waals surface area contributed by atoms with Crippen LogP contribution < -0.4 is 11.2 Å². The van der Waals surface area contributed by atoms with E-state index in [1.807, 2.05) is 58.0 Å². The van der Waals surface area contributed by atoms with Gasteiger partial charge in [-0.05, 0) is 39.2 Å². The second-order valence-electron chi connectivity index (χ2n) is 9.20. The smallest absolute Gasteiger partial charge is 0.333 e. The summed E-state index contributed by atoms with van der Waals surface area (Å²) in [5.74, 6) is 0.0310. The molecule has 0 fully saturated rings. The fourth-order valence-corrected chi connectivity index (χ4v) is 4.21. The topological polar surface area (TPSA) is 82.1 Å².